The Balaban J connectivity index is 1.66. The van der Waals surface area contributed by atoms with Crippen molar-refractivity contribution in [3.63, 3.8) is 0 Å². The number of aryl methyl sites for hydroxylation is 1. The lowest BCUT2D eigenvalue weighted by molar-refractivity contribution is -0.139. The van der Waals surface area contributed by atoms with Gasteiger partial charge >= 0.3 is 12.0 Å². The van der Waals surface area contributed by atoms with Crippen LogP contribution in [0.15, 0.2) is 65.0 Å². The summed E-state index contributed by atoms with van der Waals surface area (Å²) in [6, 6.07) is 13.6. The van der Waals surface area contributed by atoms with Crippen molar-refractivity contribution in [2.24, 2.45) is 0 Å². The van der Waals surface area contributed by atoms with Crippen molar-refractivity contribution in [3.05, 3.63) is 76.0 Å². The number of amides is 2. The summed E-state index contributed by atoms with van der Waals surface area (Å²) in [5.41, 5.74) is 3.39. The van der Waals surface area contributed by atoms with Crippen LogP contribution in [0.3, 0.4) is 0 Å². The average molecular weight is 485 g/mol. The summed E-state index contributed by atoms with van der Waals surface area (Å²) in [7, 11) is 0. The molecule has 0 bridgehead atoms. The normalized spacial score (nSPS) is 15.7. The van der Waals surface area contributed by atoms with Gasteiger partial charge in [0.2, 0.25) is 5.16 Å². The summed E-state index contributed by atoms with van der Waals surface area (Å²) in [6.07, 6.45) is 0. The fourth-order valence-electron chi connectivity index (χ4n) is 3.34. The first-order valence-electron chi connectivity index (χ1n) is 10.2. The van der Waals surface area contributed by atoms with Crippen LogP contribution in [-0.2, 0) is 9.53 Å². The van der Waals surface area contributed by atoms with E-state index in [1.165, 1.54) is 11.8 Å². The molecule has 2 aromatic carbocycles. The van der Waals surface area contributed by atoms with Crippen LogP contribution < -0.4 is 10.6 Å². The van der Waals surface area contributed by atoms with Gasteiger partial charge in [0.25, 0.3) is 0 Å². The third kappa shape index (κ3) is 5.18. The maximum atomic E-state index is 12.9. The molecule has 11 heteroatoms. The Labute approximate surface area is 199 Å². The monoisotopic (exact) mass is 484 g/mol. The van der Waals surface area contributed by atoms with Crippen molar-refractivity contribution in [1.82, 2.24) is 30.8 Å². The van der Waals surface area contributed by atoms with Crippen LogP contribution in [0.2, 0.25) is 5.02 Å². The van der Waals surface area contributed by atoms with Gasteiger partial charge in [0.1, 0.15) is 0 Å². The highest BCUT2D eigenvalue weighted by atomic mass is 35.5. The summed E-state index contributed by atoms with van der Waals surface area (Å²) in [6.45, 7) is 3.93. The maximum absolute atomic E-state index is 12.9. The van der Waals surface area contributed by atoms with E-state index in [1.807, 2.05) is 31.2 Å². The van der Waals surface area contributed by atoms with Gasteiger partial charge in [0.15, 0.2) is 0 Å². The number of carbonyl (C=O) groups is 2. The number of carbonyl (C=O) groups excluding carboxylic acids is 2. The number of aromatic nitrogens is 4. The average Bonchev–Trinajstić information content (AvgIpc) is 3.27. The highest BCUT2D eigenvalue weighted by Crippen LogP contribution is 2.31. The number of nitrogens with zero attached hydrogens (tertiary/aromatic N) is 4. The van der Waals surface area contributed by atoms with Gasteiger partial charge in [-0.15, -0.1) is 5.10 Å². The lowest BCUT2D eigenvalue weighted by Gasteiger charge is -2.29. The Morgan fingerprint density at radius 2 is 1.91 bits per heavy atom. The molecule has 0 radical (unpaired) electrons. The van der Waals surface area contributed by atoms with Crippen LogP contribution in [0.4, 0.5) is 4.79 Å². The first-order chi connectivity index (χ1) is 16.0. The molecule has 0 spiro atoms. The molecule has 0 aliphatic carbocycles. The Morgan fingerprint density at radius 1 is 1.18 bits per heavy atom. The van der Waals surface area contributed by atoms with Crippen molar-refractivity contribution in [2.45, 2.75) is 25.0 Å². The van der Waals surface area contributed by atoms with E-state index in [4.69, 9.17) is 16.3 Å². The van der Waals surface area contributed by atoms with Crippen molar-refractivity contribution in [3.8, 4) is 5.69 Å². The van der Waals surface area contributed by atoms with Gasteiger partial charge in [-0.25, -0.2) is 9.59 Å². The second-order valence-electron chi connectivity index (χ2n) is 7.19. The number of ether oxygens (including phenoxy) is 1. The molecular weight excluding hydrogens is 464 g/mol. The molecule has 9 nitrogen and oxygen atoms in total. The van der Waals surface area contributed by atoms with Crippen molar-refractivity contribution in [1.29, 1.82) is 0 Å². The van der Waals surface area contributed by atoms with Gasteiger partial charge in [-0.1, -0.05) is 53.2 Å². The molecule has 3 aromatic rings. The quantitative estimate of drug-likeness (QED) is 0.389. The molecule has 2 heterocycles. The van der Waals surface area contributed by atoms with E-state index in [-0.39, 0.29) is 12.4 Å². The van der Waals surface area contributed by atoms with Gasteiger partial charge in [-0.2, -0.15) is 4.68 Å². The standard InChI is InChI=1S/C22H21ClN6O3S/c1-3-32-20(30)18-17(24-21(31)25-19(18)14-6-8-15(23)9-7-14)12-33-22-26-27-28-29(22)16-10-4-13(2)5-11-16/h4-11,19H,3,12H2,1-2H3,(H2,24,25,31). The molecule has 0 saturated carbocycles. The van der Waals surface area contributed by atoms with Crippen LogP contribution in [0.5, 0.6) is 0 Å². The van der Waals surface area contributed by atoms with Crippen molar-refractivity contribution < 1.29 is 14.3 Å². The minimum Gasteiger partial charge on any atom is -0.463 e. The third-order valence-corrected chi connectivity index (χ3v) is 6.12. The van der Waals surface area contributed by atoms with Gasteiger partial charge in [-0.05, 0) is 54.1 Å². The van der Waals surface area contributed by atoms with Gasteiger partial charge in [0, 0.05) is 16.5 Å². The zero-order chi connectivity index (χ0) is 23.4. The molecule has 0 fully saturated rings. The van der Waals surface area contributed by atoms with Crippen LogP contribution in [0, 0.1) is 6.92 Å². The minimum atomic E-state index is -0.682. The zero-order valence-electron chi connectivity index (χ0n) is 17.9. The lowest BCUT2D eigenvalue weighted by atomic mass is 9.95. The Bertz CT molecular complexity index is 1190. The number of nitrogens with one attached hydrogen (secondary N) is 2. The predicted molar refractivity (Wildman–Crippen MR) is 124 cm³/mol. The summed E-state index contributed by atoms with van der Waals surface area (Å²) in [5.74, 6) is -0.267. The first kappa shape index (κ1) is 22.8. The zero-order valence-corrected chi connectivity index (χ0v) is 19.5. The van der Waals surface area contributed by atoms with E-state index >= 15 is 0 Å². The number of hydrogen-bond donors (Lipinski definition) is 2. The molecule has 170 valence electrons. The molecule has 1 unspecified atom stereocenters. The van der Waals surface area contributed by atoms with Crippen LogP contribution in [0.25, 0.3) is 5.69 Å². The van der Waals surface area contributed by atoms with Crippen LogP contribution >= 0.6 is 23.4 Å². The SMILES string of the molecule is CCOC(=O)C1=C(CSc2nnnn2-c2ccc(C)cc2)NC(=O)NC1c1ccc(Cl)cc1. The van der Waals surface area contributed by atoms with E-state index in [0.717, 1.165) is 11.3 Å². The number of benzene rings is 2. The highest BCUT2D eigenvalue weighted by molar-refractivity contribution is 7.99. The number of rotatable bonds is 7. The fourth-order valence-corrected chi connectivity index (χ4v) is 4.33. The molecule has 1 aliphatic heterocycles. The predicted octanol–water partition coefficient (Wildman–Crippen LogP) is 3.59. The fraction of sp³-hybridized carbons (Fsp3) is 0.227. The number of hydrogen-bond acceptors (Lipinski definition) is 7. The molecule has 4 rings (SSSR count). The van der Waals surface area contributed by atoms with E-state index < -0.39 is 18.0 Å². The van der Waals surface area contributed by atoms with Crippen LogP contribution in [0.1, 0.15) is 24.1 Å². The summed E-state index contributed by atoms with van der Waals surface area (Å²) in [4.78, 5) is 25.3. The second kappa shape index (κ2) is 10.1. The molecule has 33 heavy (non-hydrogen) atoms. The maximum Gasteiger partial charge on any atom is 0.338 e. The summed E-state index contributed by atoms with van der Waals surface area (Å²) < 4.78 is 6.90. The van der Waals surface area contributed by atoms with Gasteiger partial charge in [0.05, 0.1) is 23.9 Å². The molecular formula is C22H21ClN6O3S. The number of esters is 1. The van der Waals surface area contributed by atoms with Crippen molar-refractivity contribution in [2.75, 3.05) is 12.4 Å². The first-order valence-corrected chi connectivity index (χ1v) is 11.5. The number of thioether (sulfide) groups is 1. The van der Waals surface area contributed by atoms with E-state index in [2.05, 4.69) is 26.2 Å². The van der Waals surface area contributed by atoms with Crippen molar-refractivity contribution >= 4 is 35.4 Å². The Morgan fingerprint density at radius 3 is 2.61 bits per heavy atom. The lowest BCUT2D eigenvalue weighted by Crippen LogP contribution is -2.46. The molecule has 1 aliphatic rings. The smallest absolute Gasteiger partial charge is 0.338 e. The number of urea groups is 1. The van der Waals surface area contributed by atoms with Gasteiger partial charge < -0.3 is 15.4 Å². The van der Waals surface area contributed by atoms with E-state index in [0.29, 0.717) is 27.0 Å². The number of halogens is 1. The molecule has 2 N–H and O–H groups in total. The Hall–Kier alpha value is -3.37. The molecule has 1 atom stereocenters. The Kier molecular flexibility index (Phi) is 6.95. The minimum absolute atomic E-state index is 0.204. The van der Waals surface area contributed by atoms with E-state index in [1.54, 1.807) is 35.9 Å². The van der Waals surface area contributed by atoms with E-state index in [9.17, 15) is 9.59 Å². The topological polar surface area (TPSA) is 111 Å². The largest absolute Gasteiger partial charge is 0.463 e. The highest BCUT2D eigenvalue weighted by Gasteiger charge is 2.34. The molecule has 0 saturated heterocycles. The van der Waals surface area contributed by atoms with Gasteiger partial charge in [-0.3, -0.25) is 0 Å². The second-order valence-corrected chi connectivity index (χ2v) is 8.57. The molecule has 1 aromatic heterocycles. The summed E-state index contributed by atoms with van der Waals surface area (Å²) in [5, 5.41) is 18.6. The van der Waals surface area contributed by atoms with Crippen LogP contribution in [-0.4, -0.2) is 44.6 Å². The number of tetrazole rings is 1. The summed E-state index contributed by atoms with van der Waals surface area (Å²) >= 11 is 7.31. The molecule has 2 amide bonds. The third-order valence-electron chi connectivity index (χ3n) is 4.92.